The maximum absolute atomic E-state index is 12.9. The molecular weight excluding hydrogens is 388 g/mol. The topological polar surface area (TPSA) is 89.2 Å². The molecule has 0 aromatic carbocycles. The van der Waals surface area contributed by atoms with Crippen molar-refractivity contribution in [3.05, 3.63) is 53.0 Å². The molecule has 0 saturated carbocycles. The quantitative estimate of drug-likeness (QED) is 0.569. The average Bonchev–Trinajstić information content (AvgIpc) is 3.42. The summed E-state index contributed by atoms with van der Waals surface area (Å²) in [7, 11) is 0. The number of aromatic nitrogens is 3. The van der Waals surface area contributed by atoms with Gasteiger partial charge in [-0.05, 0) is 50.5 Å². The number of nitrogens with zero attached hydrogens (tertiary/aromatic N) is 4. The smallest absolute Gasteiger partial charge is 0.257 e. The molecule has 0 N–H and O–H groups in total. The van der Waals surface area contributed by atoms with Crippen molar-refractivity contribution in [3.63, 3.8) is 0 Å². The Kier molecular flexibility index (Phi) is 5.80. The largest absolute Gasteiger partial charge is 0.420 e. The first-order valence-electron chi connectivity index (χ1n) is 9.76. The molecule has 29 heavy (non-hydrogen) atoms. The Bertz CT molecular complexity index is 998. The van der Waals surface area contributed by atoms with Gasteiger partial charge in [0.1, 0.15) is 0 Å². The van der Waals surface area contributed by atoms with Gasteiger partial charge in [-0.3, -0.25) is 14.6 Å². The molecule has 3 aromatic heterocycles. The summed E-state index contributed by atoms with van der Waals surface area (Å²) in [6.07, 6.45) is 5.52. The first-order valence-corrected chi connectivity index (χ1v) is 10.6. The Labute approximate surface area is 172 Å². The van der Waals surface area contributed by atoms with Crippen LogP contribution in [0.3, 0.4) is 0 Å². The van der Waals surface area contributed by atoms with Gasteiger partial charge < -0.3 is 9.32 Å². The van der Waals surface area contributed by atoms with Gasteiger partial charge >= 0.3 is 0 Å². The summed E-state index contributed by atoms with van der Waals surface area (Å²) in [6, 6.07) is 9.42. The van der Waals surface area contributed by atoms with Crippen LogP contribution in [0.1, 0.15) is 59.9 Å². The SMILES string of the molecule is CC(=O)c1ccc(-c2nnc(CCC(=O)N3CCCCC3c3ccccn3)o2)s1. The molecule has 1 aliphatic heterocycles. The van der Waals surface area contributed by atoms with E-state index in [2.05, 4.69) is 15.2 Å². The van der Waals surface area contributed by atoms with Crippen LogP contribution in [0.15, 0.2) is 40.9 Å². The highest BCUT2D eigenvalue weighted by atomic mass is 32.1. The fraction of sp³-hybridized carbons (Fsp3) is 0.381. The van der Waals surface area contributed by atoms with Gasteiger partial charge in [-0.25, -0.2) is 0 Å². The van der Waals surface area contributed by atoms with Crippen LogP contribution in [0.5, 0.6) is 0 Å². The van der Waals surface area contributed by atoms with E-state index in [0.717, 1.165) is 36.4 Å². The van der Waals surface area contributed by atoms with Gasteiger partial charge in [-0.2, -0.15) is 0 Å². The first kappa shape index (κ1) is 19.4. The van der Waals surface area contributed by atoms with Gasteiger partial charge in [-0.1, -0.05) is 6.07 Å². The fourth-order valence-electron chi connectivity index (χ4n) is 3.56. The molecule has 0 spiro atoms. The van der Waals surface area contributed by atoms with Gasteiger partial charge in [0, 0.05) is 25.6 Å². The molecule has 150 valence electrons. The molecule has 4 heterocycles. The zero-order valence-electron chi connectivity index (χ0n) is 16.2. The van der Waals surface area contributed by atoms with E-state index < -0.39 is 0 Å². The second-order valence-electron chi connectivity index (χ2n) is 7.07. The van der Waals surface area contributed by atoms with Crippen LogP contribution in [0.4, 0.5) is 0 Å². The molecule has 1 unspecified atom stereocenters. The van der Waals surface area contributed by atoms with Gasteiger partial charge in [0.05, 0.1) is 21.5 Å². The number of amides is 1. The van der Waals surface area contributed by atoms with E-state index in [4.69, 9.17) is 4.42 Å². The Hall–Kier alpha value is -2.87. The lowest BCUT2D eigenvalue weighted by Crippen LogP contribution is -2.39. The molecule has 0 bridgehead atoms. The lowest BCUT2D eigenvalue weighted by molar-refractivity contribution is -0.135. The molecule has 4 rings (SSSR count). The minimum Gasteiger partial charge on any atom is -0.420 e. The molecule has 0 radical (unpaired) electrons. The summed E-state index contributed by atoms with van der Waals surface area (Å²) in [5.41, 5.74) is 0.944. The molecule has 1 aliphatic rings. The monoisotopic (exact) mass is 410 g/mol. The van der Waals surface area contributed by atoms with E-state index in [0.29, 0.717) is 29.5 Å². The van der Waals surface area contributed by atoms with E-state index in [1.807, 2.05) is 23.1 Å². The molecule has 1 amide bonds. The van der Waals surface area contributed by atoms with Gasteiger partial charge in [0.25, 0.3) is 5.89 Å². The lowest BCUT2D eigenvalue weighted by Gasteiger charge is -2.35. The highest BCUT2D eigenvalue weighted by Gasteiger charge is 2.28. The molecule has 1 fully saturated rings. The van der Waals surface area contributed by atoms with Crippen molar-refractivity contribution in [1.29, 1.82) is 0 Å². The summed E-state index contributed by atoms with van der Waals surface area (Å²) in [5.74, 6) is 0.900. The molecule has 1 saturated heterocycles. The molecule has 8 heteroatoms. The van der Waals surface area contributed by atoms with Crippen LogP contribution in [-0.2, 0) is 11.2 Å². The minimum absolute atomic E-state index is 0.00979. The van der Waals surface area contributed by atoms with E-state index in [9.17, 15) is 9.59 Å². The summed E-state index contributed by atoms with van der Waals surface area (Å²) in [5, 5.41) is 8.12. The zero-order chi connectivity index (χ0) is 20.2. The number of carbonyl (C=O) groups excluding carboxylic acids is 2. The van der Waals surface area contributed by atoms with E-state index in [-0.39, 0.29) is 17.7 Å². The molecule has 3 aromatic rings. The second kappa shape index (κ2) is 8.65. The maximum atomic E-state index is 12.9. The number of hydrogen-bond donors (Lipinski definition) is 0. The number of pyridine rings is 1. The second-order valence-corrected chi connectivity index (χ2v) is 8.16. The van der Waals surface area contributed by atoms with Crippen LogP contribution in [0.2, 0.25) is 0 Å². The van der Waals surface area contributed by atoms with Crippen molar-refractivity contribution in [2.24, 2.45) is 0 Å². The summed E-state index contributed by atoms with van der Waals surface area (Å²) in [4.78, 5) is 32.1. The predicted octanol–water partition coefficient (Wildman–Crippen LogP) is 4.08. The van der Waals surface area contributed by atoms with Gasteiger partial charge in [0.15, 0.2) is 5.78 Å². The number of thiophene rings is 1. The van der Waals surface area contributed by atoms with Crippen LogP contribution in [0, 0.1) is 0 Å². The van der Waals surface area contributed by atoms with Crippen molar-refractivity contribution in [1.82, 2.24) is 20.1 Å². The maximum Gasteiger partial charge on any atom is 0.257 e. The Morgan fingerprint density at radius 3 is 2.86 bits per heavy atom. The van der Waals surface area contributed by atoms with Crippen molar-refractivity contribution in [3.8, 4) is 10.8 Å². The number of rotatable bonds is 6. The van der Waals surface area contributed by atoms with E-state index in [1.165, 1.54) is 18.3 Å². The summed E-state index contributed by atoms with van der Waals surface area (Å²) >= 11 is 1.32. The highest BCUT2D eigenvalue weighted by Crippen LogP contribution is 2.31. The molecular formula is C21H22N4O3S. The van der Waals surface area contributed by atoms with Gasteiger partial charge in [0.2, 0.25) is 11.8 Å². The third kappa shape index (κ3) is 4.42. The molecule has 7 nitrogen and oxygen atoms in total. The normalized spacial score (nSPS) is 16.7. The number of likely N-dealkylation sites (tertiary alicyclic amines) is 1. The Morgan fingerprint density at radius 1 is 1.21 bits per heavy atom. The van der Waals surface area contributed by atoms with Crippen molar-refractivity contribution >= 4 is 23.0 Å². The minimum atomic E-state index is 0.00979. The fourth-order valence-corrected chi connectivity index (χ4v) is 4.39. The van der Waals surface area contributed by atoms with Crippen LogP contribution >= 0.6 is 11.3 Å². The zero-order valence-corrected chi connectivity index (χ0v) is 17.0. The number of Topliss-reactive ketones (excluding diaryl/α,β-unsaturated/α-hetero) is 1. The third-order valence-electron chi connectivity index (χ3n) is 5.04. The number of hydrogen-bond acceptors (Lipinski definition) is 7. The van der Waals surface area contributed by atoms with Crippen molar-refractivity contribution in [2.45, 2.75) is 45.1 Å². The third-order valence-corrected chi connectivity index (χ3v) is 6.21. The molecule has 1 atom stereocenters. The van der Waals surface area contributed by atoms with Crippen LogP contribution in [-0.4, -0.2) is 38.3 Å². The summed E-state index contributed by atoms with van der Waals surface area (Å²) < 4.78 is 5.71. The number of aryl methyl sites for hydroxylation is 1. The molecule has 0 aliphatic carbocycles. The number of piperidine rings is 1. The standard InChI is InChI=1S/C21H22N4O3S/c1-14(26)17-8-9-18(29-17)21-24-23-19(28-21)10-11-20(27)25-13-5-3-7-16(25)15-6-2-4-12-22-15/h2,4,6,8-9,12,16H,3,5,7,10-11,13H2,1H3. The number of carbonyl (C=O) groups is 2. The van der Waals surface area contributed by atoms with Crippen molar-refractivity contribution in [2.75, 3.05) is 6.54 Å². The van der Waals surface area contributed by atoms with E-state index in [1.54, 1.807) is 18.3 Å². The number of ketones is 1. The first-order chi connectivity index (χ1) is 14.1. The van der Waals surface area contributed by atoms with E-state index >= 15 is 0 Å². The lowest BCUT2D eigenvalue weighted by atomic mass is 9.98. The van der Waals surface area contributed by atoms with Crippen LogP contribution in [0.25, 0.3) is 10.8 Å². The average molecular weight is 410 g/mol. The van der Waals surface area contributed by atoms with Crippen LogP contribution < -0.4 is 0 Å². The highest BCUT2D eigenvalue weighted by molar-refractivity contribution is 7.17. The Morgan fingerprint density at radius 2 is 2.10 bits per heavy atom. The predicted molar refractivity (Wildman–Crippen MR) is 108 cm³/mol. The Balaban J connectivity index is 1.40. The van der Waals surface area contributed by atoms with Gasteiger partial charge in [-0.15, -0.1) is 21.5 Å². The summed E-state index contributed by atoms with van der Waals surface area (Å²) in [6.45, 7) is 2.28. The van der Waals surface area contributed by atoms with Crippen molar-refractivity contribution < 1.29 is 14.0 Å².